The van der Waals surface area contributed by atoms with Crippen molar-refractivity contribution in [3.8, 4) is 0 Å². The number of hydrogen-bond donors (Lipinski definition) is 2. The van der Waals surface area contributed by atoms with Crippen LogP contribution in [0.4, 0.5) is 10.5 Å². The molecule has 2 rings (SSSR count). The Hall–Kier alpha value is -3.57. The molecule has 1 N–H and O–H groups in total. The summed E-state index contributed by atoms with van der Waals surface area (Å²) < 4.78 is 10.1. The molecular weight excluding hydrogens is 474 g/mol. The molecule has 0 radical (unpaired) electrons. The number of nitrogens with one attached hydrogen (secondary N) is 1. The van der Waals surface area contributed by atoms with E-state index in [4.69, 9.17) is 14.3 Å². The van der Waals surface area contributed by atoms with Crippen LogP contribution >= 0.6 is 12.6 Å². The summed E-state index contributed by atoms with van der Waals surface area (Å²) in [6.45, 7) is 10.8. The Bertz CT molecular complexity index is 997. The average Bonchev–Trinajstić information content (AvgIpc) is 3.25. The number of esters is 1. The van der Waals surface area contributed by atoms with Gasteiger partial charge in [-0.2, -0.15) is 12.6 Å². The number of carbonyl (C=O) groups excluding carboxylic acids is 4. The van der Waals surface area contributed by atoms with Crippen LogP contribution in [-0.4, -0.2) is 78.5 Å². The minimum atomic E-state index is -0.857. The molecule has 1 saturated heterocycles. The Morgan fingerprint density at radius 1 is 1.06 bits per heavy atom. The average molecular weight is 504 g/mol. The molecule has 1 aliphatic heterocycles. The summed E-state index contributed by atoms with van der Waals surface area (Å²) in [7, 11) is 1.41. The van der Waals surface area contributed by atoms with E-state index < -0.39 is 29.9 Å². The number of likely N-dealkylation sites (tertiary alicyclic amines) is 1. The number of carbonyl (C=O) groups is 4. The molecule has 3 amide bonds. The summed E-state index contributed by atoms with van der Waals surface area (Å²) in [6.07, 6.45) is 3.93. The van der Waals surface area contributed by atoms with E-state index in [1.54, 1.807) is 0 Å². The van der Waals surface area contributed by atoms with E-state index in [-0.39, 0.29) is 48.4 Å². The number of hydroxylamine groups is 2. The summed E-state index contributed by atoms with van der Waals surface area (Å²) in [4.78, 5) is 57.2. The maximum Gasteiger partial charge on any atom is 0.410 e. The second kappa shape index (κ2) is 13.4. The summed E-state index contributed by atoms with van der Waals surface area (Å²) in [5, 5.41) is 3.44. The lowest BCUT2D eigenvalue weighted by atomic mass is 10.1. The third-order valence-corrected chi connectivity index (χ3v) is 5.20. The summed E-state index contributed by atoms with van der Waals surface area (Å²) in [6, 6.07) is 3.24. The van der Waals surface area contributed by atoms with Crippen molar-refractivity contribution in [2.75, 3.05) is 38.7 Å². The predicted octanol–water partition coefficient (Wildman–Crippen LogP) is 2.85. The maximum absolute atomic E-state index is 13.1. The molecule has 1 aliphatic rings. The Morgan fingerprint density at radius 3 is 2.34 bits per heavy atom. The fraction of sp³-hybridized carbons (Fsp3) is 0.333. The first-order chi connectivity index (χ1) is 16.7. The van der Waals surface area contributed by atoms with Crippen LogP contribution < -0.4 is 5.32 Å². The molecule has 1 aromatic carbocycles. The van der Waals surface area contributed by atoms with E-state index in [2.05, 4.69) is 37.7 Å². The van der Waals surface area contributed by atoms with Crippen LogP contribution in [0.15, 0.2) is 56.2 Å². The summed E-state index contributed by atoms with van der Waals surface area (Å²) in [5.41, 5.74) is 0.261. The molecule has 11 heteroatoms. The van der Waals surface area contributed by atoms with Crippen LogP contribution in [0.25, 0.3) is 0 Å². The quantitative estimate of drug-likeness (QED) is 0.207. The zero-order valence-corrected chi connectivity index (χ0v) is 20.4. The van der Waals surface area contributed by atoms with Gasteiger partial charge in [0, 0.05) is 30.1 Å². The highest BCUT2D eigenvalue weighted by Gasteiger charge is 2.39. The van der Waals surface area contributed by atoms with Gasteiger partial charge in [-0.3, -0.25) is 19.3 Å². The smallest absolute Gasteiger partial charge is 0.410 e. The minimum Gasteiger partial charge on any atom is -0.458 e. The zero-order valence-electron chi connectivity index (χ0n) is 19.5. The molecule has 0 aliphatic carbocycles. The second-order valence-corrected chi connectivity index (χ2v) is 8.22. The lowest BCUT2D eigenvalue weighted by molar-refractivity contribution is -0.120. The third-order valence-electron chi connectivity index (χ3n) is 4.83. The van der Waals surface area contributed by atoms with Gasteiger partial charge in [-0.25, -0.2) is 14.7 Å². The first-order valence-electron chi connectivity index (χ1n) is 10.7. The molecule has 1 heterocycles. The highest BCUT2D eigenvalue weighted by Crippen LogP contribution is 2.25. The van der Waals surface area contributed by atoms with Gasteiger partial charge in [0.1, 0.15) is 19.3 Å². The van der Waals surface area contributed by atoms with Gasteiger partial charge in [-0.15, -0.1) is 6.58 Å². The highest BCUT2D eigenvalue weighted by atomic mass is 32.1. The van der Waals surface area contributed by atoms with Crippen molar-refractivity contribution in [1.29, 1.82) is 0 Å². The predicted molar refractivity (Wildman–Crippen MR) is 133 cm³/mol. The largest absolute Gasteiger partial charge is 0.458 e. The molecule has 188 valence electrons. The fourth-order valence-electron chi connectivity index (χ4n) is 3.27. The molecule has 1 aromatic rings. The molecule has 0 aromatic heterocycles. The molecule has 0 saturated carbocycles. The standard InChI is InChI=1S/C24H29N3O7S/c1-5-8-32-23(30)17-11-16(22(29)26(4)34-10-7-3)12-18(13-17)25-21(28)20-14-19(35)15-27(20)24(31)33-9-6-2/h5-7,11-13,19-20,35H,1-3,8-10,14-15H2,4H3,(H,25,28). The minimum absolute atomic E-state index is 0.00267. The van der Waals surface area contributed by atoms with Gasteiger partial charge >= 0.3 is 12.1 Å². The number of benzene rings is 1. The summed E-state index contributed by atoms with van der Waals surface area (Å²) in [5.74, 6) is -1.80. The molecule has 0 spiro atoms. The Kier molecular flexibility index (Phi) is 10.6. The molecule has 0 bridgehead atoms. The van der Waals surface area contributed by atoms with E-state index in [1.165, 1.54) is 48.4 Å². The van der Waals surface area contributed by atoms with Crippen LogP contribution in [0.5, 0.6) is 0 Å². The number of thiol groups is 1. The van der Waals surface area contributed by atoms with E-state index >= 15 is 0 Å². The van der Waals surface area contributed by atoms with Crippen LogP contribution in [-0.2, 0) is 19.1 Å². The number of anilines is 1. The fourth-order valence-corrected chi connectivity index (χ4v) is 3.64. The van der Waals surface area contributed by atoms with E-state index in [9.17, 15) is 19.2 Å². The normalized spacial score (nSPS) is 16.7. The second-order valence-electron chi connectivity index (χ2n) is 7.49. The lowest BCUT2D eigenvalue weighted by Gasteiger charge is -2.23. The molecule has 10 nitrogen and oxygen atoms in total. The van der Waals surface area contributed by atoms with Gasteiger partial charge in [0.05, 0.1) is 12.2 Å². The van der Waals surface area contributed by atoms with Crippen molar-refractivity contribution in [3.63, 3.8) is 0 Å². The van der Waals surface area contributed by atoms with Crippen molar-refractivity contribution < 1.29 is 33.5 Å². The Labute approximate surface area is 209 Å². The van der Waals surface area contributed by atoms with Gasteiger partial charge in [0.25, 0.3) is 5.91 Å². The van der Waals surface area contributed by atoms with Crippen molar-refractivity contribution in [3.05, 3.63) is 67.3 Å². The molecule has 2 atom stereocenters. The lowest BCUT2D eigenvalue weighted by Crippen LogP contribution is -2.43. The molecule has 1 fully saturated rings. The first kappa shape index (κ1) is 27.7. The monoisotopic (exact) mass is 503 g/mol. The van der Waals surface area contributed by atoms with Gasteiger partial charge in [-0.1, -0.05) is 31.4 Å². The zero-order chi connectivity index (χ0) is 26.0. The number of rotatable bonds is 11. The van der Waals surface area contributed by atoms with Crippen molar-refractivity contribution in [2.45, 2.75) is 17.7 Å². The topological polar surface area (TPSA) is 114 Å². The Balaban J connectivity index is 2.31. The SMILES string of the molecule is C=CCOC(=O)c1cc(NC(=O)C2CC(S)CN2C(=O)OCC=C)cc(C(=O)N(C)OCC=C)c1. The third kappa shape index (κ3) is 7.72. The van der Waals surface area contributed by atoms with Gasteiger partial charge in [0.15, 0.2) is 0 Å². The van der Waals surface area contributed by atoms with Crippen LogP contribution in [0.3, 0.4) is 0 Å². The van der Waals surface area contributed by atoms with Gasteiger partial charge < -0.3 is 14.8 Å². The van der Waals surface area contributed by atoms with Crippen molar-refractivity contribution in [1.82, 2.24) is 9.96 Å². The van der Waals surface area contributed by atoms with Crippen LogP contribution in [0.1, 0.15) is 27.1 Å². The van der Waals surface area contributed by atoms with E-state index in [0.717, 1.165) is 5.06 Å². The van der Waals surface area contributed by atoms with Gasteiger partial charge in [0.2, 0.25) is 5.91 Å². The van der Waals surface area contributed by atoms with Crippen molar-refractivity contribution >= 4 is 42.2 Å². The number of amides is 3. The van der Waals surface area contributed by atoms with E-state index in [0.29, 0.717) is 6.42 Å². The maximum atomic E-state index is 13.1. The molecule has 2 unspecified atom stereocenters. The van der Waals surface area contributed by atoms with Crippen LogP contribution in [0.2, 0.25) is 0 Å². The first-order valence-corrected chi connectivity index (χ1v) is 11.2. The van der Waals surface area contributed by atoms with E-state index in [1.807, 2.05) is 0 Å². The van der Waals surface area contributed by atoms with Crippen LogP contribution in [0, 0.1) is 0 Å². The van der Waals surface area contributed by atoms with Gasteiger partial charge in [-0.05, 0) is 24.6 Å². The number of nitrogens with zero attached hydrogens (tertiary/aromatic N) is 2. The number of ether oxygens (including phenoxy) is 2. The molecule has 35 heavy (non-hydrogen) atoms. The Morgan fingerprint density at radius 2 is 1.69 bits per heavy atom. The highest BCUT2D eigenvalue weighted by molar-refractivity contribution is 7.81. The summed E-state index contributed by atoms with van der Waals surface area (Å²) >= 11 is 4.40. The molecular formula is C24H29N3O7S. The van der Waals surface area contributed by atoms with Crippen molar-refractivity contribution in [2.24, 2.45) is 0 Å². The number of hydrogen-bond acceptors (Lipinski definition) is 8.